The predicted octanol–water partition coefficient (Wildman–Crippen LogP) is 3.08. The van der Waals surface area contributed by atoms with Crippen LogP contribution in [0.1, 0.15) is 33.6 Å². The van der Waals surface area contributed by atoms with Crippen LogP contribution < -0.4 is 0 Å². The molecule has 0 bridgehead atoms. The smallest absolute Gasteiger partial charge is 0.207 e. The summed E-state index contributed by atoms with van der Waals surface area (Å²) in [6.07, 6.45) is 1.04. The van der Waals surface area contributed by atoms with Gasteiger partial charge in [0, 0.05) is 6.42 Å². The first kappa shape index (κ1) is 7.96. The van der Waals surface area contributed by atoms with Gasteiger partial charge in [-0.2, -0.15) is 0 Å². The Morgan fingerprint density at radius 3 is 2.00 bits per heavy atom. The first-order chi connectivity index (χ1) is 4.31. The van der Waals surface area contributed by atoms with E-state index in [1.807, 2.05) is 13.8 Å². The third-order valence-corrected chi connectivity index (χ3v) is 2.32. The summed E-state index contributed by atoms with van der Waals surface area (Å²) < 4.78 is 24.7. The zero-order valence-corrected chi connectivity index (χ0v) is 6.75. The van der Waals surface area contributed by atoms with Crippen LogP contribution in [0.3, 0.4) is 0 Å². The molecule has 1 aliphatic rings. The van der Waals surface area contributed by atoms with Crippen molar-refractivity contribution >= 4 is 0 Å². The monoisotopic (exact) mass is 148 g/mol. The second-order valence-corrected chi connectivity index (χ2v) is 4.16. The van der Waals surface area contributed by atoms with E-state index in [9.17, 15) is 8.78 Å². The van der Waals surface area contributed by atoms with Gasteiger partial charge >= 0.3 is 0 Å². The standard InChI is InChI=1S/C8H14F2/c1-7(2)4-6(7)5-8(3,9)10/h6H,4-5H2,1-3H3. The maximum absolute atomic E-state index is 12.4. The summed E-state index contributed by atoms with van der Waals surface area (Å²) in [6, 6.07) is 0. The summed E-state index contributed by atoms with van der Waals surface area (Å²) in [5.41, 5.74) is 0.194. The van der Waals surface area contributed by atoms with Gasteiger partial charge in [0.1, 0.15) is 0 Å². The second kappa shape index (κ2) is 1.93. The lowest BCUT2D eigenvalue weighted by molar-refractivity contribution is 0.00408. The fraction of sp³-hybridized carbons (Fsp3) is 1.00. The number of hydrogen-bond donors (Lipinski definition) is 0. The molecule has 60 valence electrons. The minimum Gasteiger partial charge on any atom is -0.207 e. The zero-order chi connectivity index (χ0) is 7.99. The van der Waals surface area contributed by atoms with E-state index in [4.69, 9.17) is 0 Å². The van der Waals surface area contributed by atoms with Crippen molar-refractivity contribution in [3.05, 3.63) is 0 Å². The highest BCUT2D eigenvalue weighted by molar-refractivity contribution is 4.96. The molecule has 0 amide bonds. The largest absolute Gasteiger partial charge is 0.245 e. The molecule has 0 radical (unpaired) electrons. The van der Waals surface area contributed by atoms with Crippen LogP contribution in [0.25, 0.3) is 0 Å². The number of halogens is 2. The number of rotatable bonds is 2. The average Bonchev–Trinajstić information content (AvgIpc) is 2.05. The Hall–Kier alpha value is -0.140. The Labute approximate surface area is 60.6 Å². The Balaban J connectivity index is 2.31. The molecule has 0 aromatic carbocycles. The van der Waals surface area contributed by atoms with Gasteiger partial charge in [-0.3, -0.25) is 0 Å². The van der Waals surface area contributed by atoms with E-state index in [1.54, 1.807) is 0 Å². The van der Waals surface area contributed by atoms with Crippen molar-refractivity contribution in [1.82, 2.24) is 0 Å². The SMILES string of the molecule is CC(F)(F)CC1CC1(C)C. The molecule has 0 aliphatic heterocycles. The first-order valence-electron chi connectivity index (χ1n) is 3.69. The average molecular weight is 148 g/mol. The van der Waals surface area contributed by atoms with Crippen LogP contribution in [0.4, 0.5) is 8.78 Å². The lowest BCUT2D eigenvalue weighted by Gasteiger charge is -2.10. The van der Waals surface area contributed by atoms with E-state index in [0.29, 0.717) is 0 Å². The molecule has 0 aromatic rings. The molecular weight excluding hydrogens is 134 g/mol. The molecule has 10 heavy (non-hydrogen) atoms. The van der Waals surface area contributed by atoms with Gasteiger partial charge in [0.25, 0.3) is 0 Å². The van der Waals surface area contributed by atoms with Crippen molar-refractivity contribution in [2.45, 2.75) is 39.5 Å². The topological polar surface area (TPSA) is 0 Å². The zero-order valence-electron chi connectivity index (χ0n) is 6.75. The van der Waals surface area contributed by atoms with Crippen LogP contribution in [0.15, 0.2) is 0 Å². The molecule has 0 spiro atoms. The van der Waals surface area contributed by atoms with Crippen molar-refractivity contribution in [2.24, 2.45) is 11.3 Å². The normalized spacial score (nSPS) is 30.3. The van der Waals surface area contributed by atoms with E-state index in [1.165, 1.54) is 0 Å². The molecule has 1 atom stereocenters. The quantitative estimate of drug-likeness (QED) is 0.564. The van der Waals surface area contributed by atoms with Crippen LogP contribution in [-0.2, 0) is 0 Å². The van der Waals surface area contributed by atoms with Crippen LogP contribution in [0.2, 0.25) is 0 Å². The van der Waals surface area contributed by atoms with Crippen molar-refractivity contribution < 1.29 is 8.78 Å². The lowest BCUT2D eigenvalue weighted by Crippen LogP contribution is -2.11. The van der Waals surface area contributed by atoms with Gasteiger partial charge in [0.15, 0.2) is 0 Å². The Bertz CT molecular complexity index is 133. The molecule has 0 heterocycles. The lowest BCUT2D eigenvalue weighted by atomic mass is 10.1. The molecule has 1 aliphatic carbocycles. The van der Waals surface area contributed by atoms with Crippen molar-refractivity contribution in [3.8, 4) is 0 Å². The van der Waals surface area contributed by atoms with Gasteiger partial charge in [-0.25, -0.2) is 8.78 Å². The molecule has 0 nitrogen and oxygen atoms in total. The summed E-state index contributed by atoms with van der Waals surface area (Å²) in [5.74, 6) is -2.20. The minimum atomic E-state index is -2.46. The number of alkyl halides is 2. The van der Waals surface area contributed by atoms with Gasteiger partial charge < -0.3 is 0 Å². The van der Waals surface area contributed by atoms with E-state index in [-0.39, 0.29) is 17.8 Å². The summed E-state index contributed by atoms with van der Waals surface area (Å²) in [4.78, 5) is 0. The van der Waals surface area contributed by atoms with Crippen LogP contribution in [-0.4, -0.2) is 5.92 Å². The van der Waals surface area contributed by atoms with Gasteiger partial charge in [0.05, 0.1) is 0 Å². The Kier molecular flexibility index (Phi) is 1.53. The van der Waals surface area contributed by atoms with Crippen LogP contribution in [0, 0.1) is 11.3 Å². The van der Waals surface area contributed by atoms with E-state index >= 15 is 0 Å². The van der Waals surface area contributed by atoms with Gasteiger partial charge in [-0.05, 0) is 24.7 Å². The molecule has 1 fully saturated rings. The highest BCUT2D eigenvalue weighted by atomic mass is 19.3. The molecular formula is C8H14F2. The van der Waals surface area contributed by atoms with Crippen LogP contribution in [0.5, 0.6) is 0 Å². The third kappa shape index (κ3) is 1.93. The molecule has 2 heteroatoms. The second-order valence-electron chi connectivity index (χ2n) is 4.16. The van der Waals surface area contributed by atoms with Crippen molar-refractivity contribution in [2.75, 3.05) is 0 Å². The summed E-state index contributed by atoms with van der Waals surface area (Å²) >= 11 is 0. The number of hydrogen-bond acceptors (Lipinski definition) is 0. The molecule has 0 N–H and O–H groups in total. The molecule has 0 aromatic heterocycles. The maximum atomic E-state index is 12.4. The molecule has 0 saturated heterocycles. The Morgan fingerprint density at radius 2 is 1.90 bits per heavy atom. The van der Waals surface area contributed by atoms with Gasteiger partial charge in [-0.15, -0.1) is 0 Å². The fourth-order valence-corrected chi connectivity index (χ4v) is 1.36. The van der Waals surface area contributed by atoms with Gasteiger partial charge in [0.2, 0.25) is 5.92 Å². The highest BCUT2D eigenvalue weighted by Gasteiger charge is 2.48. The highest BCUT2D eigenvalue weighted by Crippen LogP contribution is 2.55. The minimum absolute atomic E-state index is 0.0694. The third-order valence-electron chi connectivity index (χ3n) is 2.32. The predicted molar refractivity (Wildman–Crippen MR) is 37.1 cm³/mol. The van der Waals surface area contributed by atoms with Crippen molar-refractivity contribution in [1.29, 1.82) is 0 Å². The van der Waals surface area contributed by atoms with Crippen LogP contribution >= 0.6 is 0 Å². The fourth-order valence-electron chi connectivity index (χ4n) is 1.36. The molecule has 1 rings (SSSR count). The van der Waals surface area contributed by atoms with E-state index in [0.717, 1.165) is 13.3 Å². The summed E-state index contributed by atoms with van der Waals surface area (Å²) in [6.45, 7) is 5.09. The van der Waals surface area contributed by atoms with Crippen molar-refractivity contribution in [3.63, 3.8) is 0 Å². The first-order valence-corrected chi connectivity index (χ1v) is 3.69. The van der Waals surface area contributed by atoms with E-state index in [2.05, 4.69) is 0 Å². The summed E-state index contributed by atoms with van der Waals surface area (Å²) in [5, 5.41) is 0. The molecule has 1 unspecified atom stereocenters. The molecule has 1 saturated carbocycles. The maximum Gasteiger partial charge on any atom is 0.245 e. The van der Waals surface area contributed by atoms with E-state index < -0.39 is 5.92 Å². The Morgan fingerprint density at radius 1 is 1.50 bits per heavy atom. The van der Waals surface area contributed by atoms with Gasteiger partial charge in [-0.1, -0.05) is 13.8 Å². The summed E-state index contributed by atoms with van der Waals surface area (Å²) in [7, 11) is 0.